The molecule has 1 aliphatic heterocycles. The van der Waals surface area contributed by atoms with Gasteiger partial charge in [-0.05, 0) is 47.6 Å². The van der Waals surface area contributed by atoms with Crippen LogP contribution >= 0.6 is 0 Å². The summed E-state index contributed by atoms with van der Waals surface area (Å²) >= 11 is 0. The lowest BCUT2D eigenvalue weighted by molar-refractivity contribution is -0.185. The maximum absolute atomic E-state index is 14.0. The maximum Gasteiger partial charge on any atom is 0.326 e. The highest BCUT2D eigenvalue weighted by Crippen LogP contribution is 2.47. The highest BCUT2D eigenvalue weighted by molar-refractivity contribution is 5.88. The quantitative estimate of drug-likeness (QED) is 0.546. The van der Waals surface area contributed by atoms with E-state index in [0.29, 0.717) is 12.0 Å². The van der Waals surface area contributed by atoms with E-state index in [0.717, 1.165) is 29.5 Å². The summed E-state index contributed by atoms with van der Waals surface area (Å²) in [5, 5.41) is 19.3. The van der Waals surface area contributed by atoms with Crippen molar-refractivity contribution in [3.63, 3.8) is 0 Å². The number of carboxylic acid groups (broad SMARTS) is 1. The monoisotopic (exact) mass is 466 g/mol. The first-order chi connectivity index (χ1) is 17.1. The third kappa shape index (κ3) is 4.68. The molecule has 1 amide bonds. The SMILES string of the molecule is N#Cc1ccc(CC2OC(c3ccccc3)C(c3ccccc3)N(C(C(=O)O)C3CC3)C2=O)cc1. The molecule has 2 aliphatic rings. The van der Waals surface area contributed by atoms with E-state index in [-0.39, 0.29) is 11.8 Å². The van der Waals surface area contributed by atoms with Gasteiger partial charge in [0.25, 0.3) is 5.91 Å². The van der Waals surface area contributed by atoms with Crippen LogP contribution in [0.5, 0.6) is 0 Å². The van der Waals surface area contributed by atoms with Gasteiger partial charge in [-0.3, -0.25) is 4.79 Å². The number of carboxylic acids is 1. The maximum atomic E-state index is 14.0. The van der Waals surface area contributed by atoms with Gasteiger partial charge in [0.15, 0.2) is 0 Å². The Morgan fingerprint density at radius 2 is 1.57 bits per heavy atom. The second-order valence-electron chi connectivity index (χ2n) is 9.19. The number of nitrogens with zero attached hydrogens (tertiary/aromatic N) is 2. The number of hydrogen-bond donors (Lipinski definition) is 1. The van der Waals surface area contributed by atoms with Crippen molar-refractivity contribution < 1.29 is 19.4 Å². The standard InChI is InChI=1S/C29H26N2O4/c30-18-20-13-11-19(12-14-20)17-24-28(32)31(26(29(33)34)22-15-16-22)25(21-7-3-1-4-8-21)27(35-24)23-9-5-2-6-10-23/h1-14,22,24-27H,15-17H2,(H,33,34). The van der Waals surface area contributed by atoms with E-state index in [1.54, 1.807) is 17.0 Å². The molecule has 3 aromatic carbocycles. The second-order valence-corrected chi connectivity index (χ2v) is 9.19. The van der Waals surface area contributed by atoms with Gasteiger partial charge < -0.3 is 14.7 Å². The Bertz CT molecular complexity index is 1230. The fraction of sp³-hybridized carbons (Fsp3) is 0.276. The average molecular weight is 467 g/mol. The summed E-state index contributed by atoms with van der Waals surface area (Å²) in [7, 11) is 0. The first-order valence-corrected chi connectivity index (χ1v) is 11.9. The predicted molar refractivity (Wildman–Crippen MR) is 129 cm³/mol. The van der Waals surface area contributed by atoms with Crippen LogP contribution in [0, 0.1) is 17.2 Å². The number of ether oxygens (including phenoxy) is 1. The van der Waals surface area contributed by atoms with Crippen LogP contribution in [0.1, 0.15) is 47.2 Å². The molecular formula is C29H26N2O4. The molecule has 6 heteroatoms. The summed E-state index contributed by atoms with van der Waals surface area (Å²) in [5.41, 5.74) is 3.13. The van der Waals surface area contributed by atoms with E-state index < -0.39 is 30.3 Å². The van der Waals surface area contributed by atoms with Gasteiger partial charge in [-0.1, -0.05) is 72.8 Å². The number of rotatable bonds is 7. The number of nitriles is 1. The lowest BCUT2D eigenvalue weighted by atomic mass is 9.88. The molecule has 35 heavy (non-hydrogen) atoms. The third-order valence-electron chi connectivity index (χ3n) is 6.82. The number of hydrogen-bond acceptors (Lipinski definition) is 4. The molecule has 4 atom stereocenters. The molecule has 1 saturated heterocycles. The Balaban J connectivity index is 1.59. The predicted octanol–water partition coefficient (Wildman–Crippen LogP) is 4.67. The Morgan fingerprint density at radius 3 is 2.11 bits per heavy atom. The number of carbonyl (C=O) groups is 2. The van der Waals surface area contributed by atoms with Crippen molar-refractivity contribution in [1.29, 1.82) is 5.26 Å². The second kappa shape index (κ2) is 9.73. The lowest BCUT2D eigenvalue weighted by Crippen LogP contribution is -2.58. The minimum Gasteiger partial charge on any atom is -0.480 e. The summed E-state index contributed by atoms with van der Waals surface area (Å²) < 4.78 is 6.52. The van der Waals surface area contributed by atoms with Gasteiger partial charge in [0.05, 0.1) is 17.7 Å². The first-order valence-electron chi connectivity index (χ1n) is 11.9. The van der Waals surface area contributed by atoms with Crippen molar-refractivity contribution >= 4 is 11.9 Å². The summed E-state index contributed by atoms with van der Waals surface area (Å²) in [6, 6.07) is 26.9. The van der Waals surface area contributed by atoms with Gasteiger partial charge in [-0.25, -0.2) is 4.79 Å². The van der Waals surface area contributed by atoms with Gasteiger partial charge >= 0.3 is 5.97 Å². The average Bonchev–Trinajstić information content (AvgIpc) is 3.72. The van der Waals surface area contributed by atoms with Crippen LogP contribution in [-0.2, 0) is 20.7 Å². The van der Waals surface area contributed by atoms with Gasteiger partial charge in [0.1, 0.15) is 18.2 Å². The molecule has 0 radical (unpaired) electrons. The molecule has 0 aromatic heterocycles. The van der Waals surface area contributed by atoms with Gasteiger partial charge in [-0.15, -0.1) is 0 Å². The smallest absolute Gasteiger partial charge is 0.326 e. The highest BCUT2D eigenvalue weighted by atomic mass is 16.5. The van der Waals surface area contributed by atoms with Gasteiger partial charge in [0, 0.05) is 6.42 Å². The van der Waals surface area contributed by atoms with E-state index >= 15 is 0 Å². The summed E-state index contributed by atoms with van der Waals surface area (Å²) in [6.07, 6.45) is 0.510. The van der Waals surface area contributed by atoms with Crippen molar-refractivity contribution in [1.82, 2.24) is 4.90 Å². The molecule has 0 spiro atoms. The fourth-order valence-electron chi connectivity index (χ4n) is 4.98. The zero-order valence-electron chi connectivity index (χ0n) is 19.2. The van der Waals surface area contributed by atoms with Crippen molar-refractivity contribution in [3.8, 4) is 6.07 Å². The van der Waals surface area contributed by atoms with Crippen LogP contribution < -0.4 is 0 Å². The molecule has 5 rings (SSSR count). The topological polar surface area (TPSA) is 90.6 Å². The van der Waals surface area contributed by atoms with Crippen molar-refractivity contribution in [2.24, 2.45) is 5.92 Å². The molecule has 1 aliphatic carbocycles. The van der Waals surface area contributed by atoms with Crippen LogP contribution in [0.15, 0.2) is 84.9 Å². The van der Waals surface area contributed by atoms with Gasteiger partial charge in [0.2, 0.25) is 0 Å². The molecule has 1 N–H and O–H groups in total. The molecular weight excluding hydrogens is 440 g/mol. The van der Waals surface area contributed by atoms with E-state index in [9.17, 15) is 14.7 Å². The van der Waals surface area contributed by atoms with E-state index in [4.69, 9.17) is 10.00 Å². The van der Waals surface area contributed by atoms with Crippen LogP contribution in [0.3, 0.4) is 0 Å². The molecule has 4 unspecified atom stereocenters. The normalized spacial score (nSPS) is 22.9. The molecule has 1 heterocycles. The number of amides is 1. The van der Waals surface area contributed by atoms with E-state index in [2.05, 4.69) is 6.07 Å². The minimum atomic E-state index is -0.979. The zero-order chi connectivity index (χ0) is 24.4. The van der Waals surface area contributed by atoms with Crippen molar-refractivity contribution in [2.45, 2.75) is 43.6 Å². The number of carbonyl (C=O) groups excluding carboxylic acids is 1. The van der Waals surface area contributed by atoms with Crippen molar-refractivity contribution in [2.75, 3.05) is 0 Å². The van der Waals surface area contributed by atoms with E-state index in [1.807, 2.05) is 72.8 Å². The summed E-state index contributed by atoms with van der Waals surface area (Å²) in [4.78, 5) is 28.1. The Hall–Kier alpha value is -3.95. The van der Waals surface area contributed by atoms with Crippen molar-refractivity contribution in [3.05, 3.63) is 107 Å². The van der Waals surface area contributed by atoms with E-state index in [1.165, 1.54) is 0 Å². The molecule has 3 aromatic rings. The van der Waals surface area contributed by atoms with Crippen LogP contribution in [0.25, 0.3) is 0 Å². The first kappa shape index (κ1) is 22.8. The fourth-order valence-corrected chi connectivity index (χ4v) is 4.98. The van der Waals surface area contributed by atoms with Crippen LogP contribution in [-0.4, -0.2) is 34.0 Å². The summed E-state index contributed by atoms with van der Waals surface area (Å²) in [6.45, 7) is 0. The Morgan fingerprint density at radius 1 is 0.971 bits per heavy atom. The van der Waals surface area contributed by atoms with Crippen LogP contribution in [0.4, 0.5) is 0 Å². The molecule has 0 bridgehead atoms. The third-order valence-corrected chi connectivity index (χ3v) is 6.82. The number of benzene rings is 3. The largest absolute Gasteiger partial charge is 0.480 e. The molecule has 176 valence electrons. The molecule has 1 saturated carbocycles. The van der Waals surface area contributed by atoms with Gasteiger partial charge in [-0.2, -0.15) is 5.26 Å². The highest BCUT2D eigenvalue weighted by Gasteiger charge is 2.52. The Labute approximate surface area is 204 Å². The zero-order valence-corrected chi connectivity index (χ0v) is 19.2. The Kier molecular flexibility index (Phi) is 6.35. The number of aliphatic carboxylic acids is 1. The molecule has 2 fully saturated rings. The molecule has 6 nitrogen and oxygen atoms in total. The number of morpholine rings is 1. The minimum absolute atomic E-state index is 0.0623. The lowest BCUT2D eigenvalue weighted by Gasteiger charge is -2.47. The summed E-state index contributed by atoms with van der Waals surface area (Å²) in [5.74, 6) is -1.35. The van der Waals surface area contributed by atoms with Crippen LogP contribution in [0.2, 0.25) is 0 Å².